The highest BCUT2D eigenvalue weighted by molar-refractivity contribution is 5.99. The second kappa shape index (κ2) is 9.91. The van der Waals surface area contributed by atoms with Crippen molar-refractivity contribution in [3.05, 3.63) is 29.8 Å². The topological polar surface area (TPSA) is 106 Å². The van der Waals surface area contributed by atoms with E-state index in [0.717, 1.165) is 0 Å². The average molecular weight is 511 g/mol. The number of aliphatic imine (C=N–C) groups is 1. The lowest BCUT2D eigenvalue weighted by Gasteiger charge is -2.39. The van der Waals surface area contributed by atoms with Crippen molar-refractivity contribution in [2.24, 2.45) is 22.6 Å². The van der Waals surface area contributed by atoms with Crippen molar-refractivity contribution in [3.63, 3.8) is 0 Å². The van der Waals surface area contributed by atoms with Gasteiger partial charge in [0, 0.05) is 37.7 Å². The minimum atomic E-state index is -4.55. The molecule has 1 aromatic rings. The lowest BCUT2D eigenvalue weighted by molar-refractivity contribution is -0.201. The van der Waals surface area contributed by atoms with Gasteiger partial charge in [-0.15, -0.1) is 0 Å². The summed E-state index contributed by atoms with van der Waals surface area (Å²) < 4.78 is 50.7. The fraction of sp³-hybridized carbons (Fsp3) is 0.640. The molecule has 0 saturated heterocycles. The number of guanidine groups is 1. The van der Waals surface area contributed by atoms with Gasteiger partial charge in [0.1, 0.15) is 5.75 Å². The minimum absolute atomic E-state index is 0.114. The summed E-state index contributed by atoms with van der Waals surface area (Å²) in [6, 6.07) is 5.21. The van der Waals surface area contributed by atoms with Gasteiger partial charge in [-0.05, 0) is 38.2 Å². The van der Waals surface area contributed by atoms with E-state index in [0.29, 0.717) is 31.4 Å². The van der Waals surface area contributed by atoms with E-state index in [2.05, 4.69) is 10.3 Å². The van der Waals surface area contributed by atoms with Gasteiger partial charge in [0.25, 0.3) is 0 Å². The van der Waals surface area contributed by atoms with Crippen molar-refractivity contribution >= 4 is 17.8 Å². The predicted molar refractivity (Wildman–Crippen MR) is 126 cm³/mol. The molecule has 3 aliphatic rings. The van der Waals surface area contributed by atoms with E-state index in [1.807, 2.05) is 13.8 Å². The van der Waals surface area contributed by atoms with Crippen LogP contribution in [0.5, 0.6) is 5.75 Å². The van der Waals surface area contributed by atoms with E-state index in [1.165, 1.54) is 11.0 Å². The van der Waals surface area contributed by atoms with E-state index < -0.39 is 36.2 Å². The number of carbonyl (C=O) groups is 2. The van der Waals surface area contributed by atoms with E-state index in [9.17, 15) is 22.8 Å². The van der Waals surface area contributed by atoms with Crippen molar-refractivity contribution < 1.29 is 32.2 Å². The van der Waals surface area contributed by atoms with Gasteiger partial charge in [-0.3, -0.25) is 14.5 Å². The summed E-state index contributed by atoms with van der Waals surface area (Å²) in [7, 11) is 1.55. The van der Waals surface area contributed by atoms with Gasteiger partial charge in [0.15, 0.2) is 12.1 Å². The van der Waals surface area contributed by atoms with Crippen LogP contribution >= 0.6 is 0 Å². The monoisotopic (exact) mass is 510 g/mol. The molecule has 2 heterocycles. The number of benzene rings is 1. The highest BCUT2D eigenvalue weighted by Crippen LogP contribution is 2.47. The quantitative estimate of drug-likeness (QED) is 0.558. The number of ether oxygens (including phenoxy) is 2. The standard InChI is InChI=1S/C25H33F3N4O4/c1-4-24(2)13-21(33)32(23(29)31-24)18(9-10-35-3)15-11-16(15)22(34)30-17-12-20(25(26,27)28)36-19-8-6-5-7-14(17)19/h5-8,15-18,20H,4,9-13H2,1-3H3,(H2,29,31)(H,30,34)/t15?,16-,17+,18+,20?,24-/m1/s1. The molecule has 2 amide bonds. The Morgan fingerprint density at radius 2 is 2.08 bits per heavy atom. The Bertz CT molecular complexity index is 1030. The van der Waals surface area contributed by atoms with E-state index in [-0.39, 0.29) is 41.9 Å². The number of para-hydroxylation sites is 1. The summed E-state index contributed by atoms with van der Waals surface area (Å²) in [5.74, 6) is -0.893. The summed E-state index contributed by atoms with van der Waals surface area (Å²) in [5, 5.41) is 2.81. The highest BCUT2D eigenvalue weighted by Gasteiger charge is 2.53. The number of hydrogen-bond donors (Lipinski definition) is 2. The van der Waals surface area contributed by atoms with Gasteiger partial charge >= 0.3 is 6.18 Å². The molecule has 1 aliphatic carbocycles. The Labute approximate surface area is 208 Å². The van der Waals surface area contributed by atoms with Crippen molar-refractivity contribution in [2.75, 3.05) is 13.7 Å². The molecule has 0 aromatic heterocycles. The van der Waals surface area contributed by atoms with Crippen molar-refractivity contribution in [2.45, 2.75) is 75.9 Å². The second-order valence-electron chi connectivity index (χ2n) is 10.1. The number of nitrogens with one attached hydrogen (secondary N) is 1. The van der Waals surface area contributed by atoms with Crippen LogP contribution in [-0.2, 0) is 14.3 Å². The lowest BCUT2D eigenvalue weighted by atomic mass is 9.92. The number of halogens is 3. The van der Waals surface area contributed by atoms with E-state index in [1.54, 1.807) is 25.3 Å². The summed E-state index contributed by atoms with van der Waals surface area (Å²) >= 11 is 0. The third-order valence-electron chi connectivity index (χ3n) is 7.51. The van der Waals surface area contributed by atoms with Crippen LogP contribution in [0.25, 0.3) is 0 Å². The number of carbonyl (C=O) groups excluding carboxylic acids is 2. The number of amides is 2. The van der Waals surface area contributed by atoms with Crippen LogP contribution in [-0.4, -0.2) is 60.3 Å². The summed E-state index contributed by atoms with van der Waals surface area (Å²) in [5.41, 5.74) is 6.19. The van der Waals surface area contributed by atoms with Crippen molar-refractivity contribution in [1.29, 1.82) is 0 Å². The highest BCUT2D eigenvalue weighted by atomic mass is 19.4. The first-order valence-corrected chi connectivity index (χ1v) is 12.3. The van der Waals surface area contributed by atoms with Crippen LogP contribution in [0.15, 0.2) is 29.3 Å². The zero-order valence-corrected chi connectivity index (χ0v) is 20.7. The molecule has 0 radical (unpaired) electrons. The number of nitrogens with zero attached hydrogens (tertiary/aromatic N) is 2. The number of fused-ring (bicyclic) bond motifs is 1. The van der Waals surface area contributed by atoms with Crippen LogP contribution in [0.4, 0.5) is 13.2 Å². The number of rotatable bonds is 8. The van der Waals surface area contributed by atoms with E-state index >= 15 is 0 Å². The fourth-order valence-electron chi connectivity index (χ4n) is 5.22. The van der Waals surface area contributed by atoms with Gasteiger partial charge in [-0.25, -0.2) is 4.99 Å². The molecule has 6 atom stereocenters. The van der Waals surface area contributed by atoms with Gasteiger partial charge in [-0.1, -0.05) is 25.1 Å². The number of nitrogens with two attached hydrogens (primary N) is 1. The number of alkyl halides is 3. The molecule has 2 aliphatic heterocycles. The molecule has 8 nitrogen and oxygen atoms in total. The Morgan fingerprint density at radius 1 is 1.36 bits per heavy atom. The first-order valence-electron chi connectivity index (χ1n) is 12.3. The van der Waals surface area contributed by atoms with E-state index in [4.69, 9.17) is 15.2 Å². The smallest absolute Gasteiger partial charge is 0.425 e. The van der Waals surface area contributed by atoms with Gasteiger partial charge in [0.05, 0.1) is 18.0 Å². The molecule has 1 aromatic carbocycles. The SMILES string of the molecule is CC[C@]1(C)CC(=O)N([C@@H](CCOC)C2C[C@H]2C(=O)N[C@H]2CC(C(F)(F)F)Oc3ccccc32)C(N)=N1. The molecule has 0 spiro atoms. The Balaban J connectivity index is 1.50. The first kappa shape index (κ1) is 26.2. The maximum atomic E-state index is 13.5. The molecule has 36 heavy (non-hydrogen) atoms. The Morgan fingerprint density at radius 3 is 2.72 bits per heavy atom. The molecule has 1 fully saturated rings. The summed E-state index contributed by atoms with van der Waals surface area (Å²) in [6.07, 6.45) is -5.12. The summed E-state index contributed by atoms with van der Waals surface area (Å²) in [6.45, 7) is 4.19. The number of hydrogen-bond acceptors (Lipinski definition) is 6. The minimum Gasteiger partial charge on any atom is -0.480 e. The normalized spacial score (nSPS) is 30.7. The molecule has 3 N–H and O–H groups in total. The molecule has 0 bridgehead atoms. The molecule has 198 valence electrons. The largest absolute Gasteiger partial charge is 0.480 e. The first-order chi connectivity index (χ1) is 17.0. The third-order valence-corrected chi connectivity index (χ3v) is 7.51. The zero-order chi connectivity index (χ0) is 26.3. The van der Waals surface area contributed by atoms with Crippen LogP contribution in [0.3, 0.4) is 0 Å². The number of methoxy groups -OCH3 is 1. The molecule has 1 saturated carbocycles. The maximum Gasteiger partial charge on any atom is 0.425 e. The average Bonchev–Trinajstić information content (AvgIpc) is 3.61. The summed E-state index contributed by atoms with van der Waals surface area (Å²) in [4.78, 5) is 32.3. The molecule has 11 heteroatoms. The molecular weight excluding hydrogens is 477 g/mol. The molecular formula is C25H33F3N4O4. The second-order valence-corrected chi connectivity index (χ2v) is 10.1. The third kappa shape index (κ3) is 5.30. The van der Waals surface area contributed by atoms with Crippen molar-refractivity contribution in [1.82, 2.24) is 10.2 Å². The Hall–Kier alpha value is -2.82. The van der Waals surface area contributed by atoms with Crippen LogP contribution in [0.1, 0.15) is 57.6 Å². The fourth-order valence-corrected chi connectivity index (χ4v) is 5.22. The van der Waals surface area contributed by atoms with Crippen molar-refractivity contribution in [3.8, 4) is 5.75 Å². The van der Waals surface area contributed by atoms with Gasteiger partial charge < -0.3 is 20.5 Å². The zero-order valence-electron chi connectivity index (χ0n) is 20.7. The van der Waals surface area contributed by atoms with Crippen LogP contribution < -0.4 is 15.8 Å². The van der Waals surface area contributed by atoms with Gasteiger partial charge in [0.2, 0.25) is 11.8 Å². The molecule has 2 unspecified atom stereocenters. The lowest BCUT2D eigenvalue weighted by Crippen LogP contribution is -2.56. The van der Waals surface area contributed by atoms with Crippen LogP contribution in [0.2, 0.25) is 0 Å². The Kier molecular flexibility index (Phi) is 7.23. The van der Waals surface area contributed by atoms with Crippen LogP contribution in [0, 0.1) is 11.8 Å². The molecule has 4 rings (SSSR count). The van der Waals surface area contributed by atoms with Gasteiger partial charge in [-0.2, -0.15) is 13.2 Å². The predicted octanol–water partition coefficient (Wildman–Crippen LogP) is 3.31. The maximum absolute atomic E-state index is 13.5.